The van der Waals surface area contributed by atoms with Gasteiger partial charge in [0.25, 0.3) is 5.91 Å². The van der Waals surface area contributed by atoms with Gasteiger partial charge in [0, 0.05) is 15.1 Å². The van der Waals surface area contributed by atoms with Crippen LogP contribution in [0.1, 0.15) is 22.3 Å². The molecule has 2 aromatic carbocycles. The van der Waals surface area contributed by atoms with Gasteiger partial charge in [-0.2, -0.15) is 0 Å². The molecule has 0 unspecified atom stereocenters. The molecule has 0 saturated carbocycles. The molecule has 3 nitrogen and oxygen atoms in total. The Balaban J connectivity index is 2.17. The zero-order valence-electron chi connectivity index (χ0n) is 12.4. The summed E-state index contributed by atoms with van der Waals surface area (Å²) in [6.45, 7) is 5.91. The van der Waals surface area contributed by atoms with Gasteiger partial charge in [0.2, 0.25) is 0 Å². The summed E-state index contributed by atoms with van der Waals surface area (Å²) >= 11 is 9.62. The normalized spacial score (nSPS) is 15.1. The van der Waals surface area contributed by atoms with Crippen LogP contribution in [0.4, 0.5) is 11.4 Å². The second kappa shape index (κ2) is 5.52. The van der Waals surface area contributed by atoms with E-state index in [1.54, 1.807) is 6.07 Å². The first-order valence-corrected chi connectivity index (χ1v) is 8.02. The number of hydrogen-bond acceptors (Lipinski definition) is 2. The fraction of sp³-hybridized carbons (Fsp3) is 0.176. The Kier molecular flexibility index (Phi) is 3.83. The van der Waals surface area contributed by atoms with Crippen LogP contribution in [0.15, 0.2) is 33.7 Å². The Bertz CT molecular complexity index is 843. The monoisotopic (exact) mass is 376 g/mol. The molecule has 0 bridgehead atoms. The topological polar surface area (TPSA) is 41.5 Å². The third-order valence-corrected chi connectivity index (χ3v) is 5.30. The summed E-state index contributed by atoms with van der Waals surface area (Å²) in [7, 11) is 0. The van der Waals surface area contributed by atoms with Crippen LogP contribution < -0.4 is 5.32 Å². The molecule has 1 aliphatic heterocycles. The van der Waals surface area contributed by atoms with Crippen molar-refractivity contribution in [2.75, 3.05) is 5.32 Å². The van der Waals surface area contributed by atoms with Gasteiger partial charge in [-0.25, -0.2) is 4.99 Å². The Morgan fingerprint density at radius 2 is 1.77 bits per heavy atom. The molecule has 1 N–H and O–H groups in total. The standard InChI is InChI=1S/C17H14BrClN2O/c1-8-9(2)14(7-5-12(8)18)20-16-11-4-6-13(19)10(3)15(11)21-17(16)22/h4-7H,1-3H3,(H,20,21,22). The first-order chi connectivity index (χ1) is 10.4. The van der Waals surface area contributed by atoms with Crippen molar-refractivity contribution in [1.29, 1.82) is 0 Å². The fourth-order valence-corrected chi connectivity index (χ4v) is 3.05. The Labute approximate surface area is 142 Å². The average Bonchev–Trinajstić information content (AvgIpc) is 2.80. The van der Waals surface area contributed by atoms with Gasteiger partial charge in [0.1, 0.15) is 5.71 Å². The van der Waals surface area contributed by atoms with Crippen molar-refractivity contribution < 1.29 is 4.79 Å². The van der Waals surface area contributed by atoms with Gasteiger partial charge in [0.15, 0.2) is 0 Å². The van der Waals surface area contributed by atoms with E-state index in [0.29, 0.717) is 10.7 Å². The summed E-state index contributed by atoms with van der Waals surface area (Å²) in [6.07, 6.45) is 0. The summed E-state index contributed by atoms with van der Waals surface area (Å²) in [6, 6.07) is 7.49. The summed E-state index contributed by atoms with van der Waals surface area (Å²) in [5.74, 6) is -0.194. The van der Waals surface area contributed by atoms with E-state index in [2.05, 4.69) is 26.2 Å². The number of anilines is 1. The van der Waals surface area contributed by atoms with Crippen LogP contribution in [0.3, 0.4) is 0 Å². The van der Waals surface area contributed by atoms with E-state index in [1.165, 1.54) is 0 Å². The molecule has 22 heavy (non-hydrogen) atoms. The molecular weight excluding hydrogens is 364 g/mol. The number of hydrogen-bond donors (Lipinski definition) is 1. The van der Waals surface area contributed by atoms with Crippen molar-refractivity contribution >= 4 is 50.5 Å². The zero-order chi connectivity index (χ0) is 16.0. The first-order valence-electron chi connectivity index (χ1n) is 6.85. The minimum absolute atomic E-state index is 0.194. The predicted molar refractivity (Wildman–Crippen MR) is 94.6 cm³/mol. The van der Waals surface area contributed by atoms with Crippen molar-refractivity contribution in [1.82, 2.24) is 0 Å². The number of benzene rings is 2. The average molecular weight is 378 g/mol. The van der Waals surface area contributed by atoms with Crippen LogP contribution in [-0.2, 0) is 4.79 Å². The van der Waals surface area contributed by atoms with Crippen LogP contribution >= 0.6 is 27.5 Å². The lowest BCUT2D eigenvalue weighted by molar-refractivity contribution is -0.110. The van der Waals surface area contributed by atoms with Gasteiger partial charge in [-0.05, 0) is 61.7 Å². The lowest BCUT2D eigenvalue weighted by atomic mass is 10.1. The van der Waals surface area contributed by atoms with Crippen molar-refractivity contribution in [3.63, 3.8) is 0 Å². The van der Waals surface area contributed by atoms with Gasteiger partial charge in [-0.15, -0.1) is 0 Å². The van der Waals surface area contributed by atoms with E-state index in [0.717, 1.165) is 38.1 Å². The van der Waals surface area contributed by atoms with Crippen LogP contribution in [0.5, 0.6) is 0 Å². The highest BCUT2D eigenvalue weighted by atomic mass is 79.9. The zero-order valence-corrected chi connectivity index (χ0v) is 14.8. The molecule has 1 amide bonds. The molecule has 112 valence electrons. The highest BCUT2D eigenvalue weighted by Crippen LogP contribution is 2.34. The Morgan fingerprint density at radius 3 is 2.50 bits per heavy atom. The summed E-state index contributed by atoms with van der Waals surface area (Å²) in [4.78, 5) is 16.9. The van der Waals surface area contributed by atoms with Crippen molar-refractivity contribution in [2.45, 2.75) is 20.8 Å². The number of fused-ring (bicyclic) bond motifs is 1. The maximum absolute atomic E-state index is 12.3. The lowest BCUT2D eigenvalue weighted by Crippen LogP contribution is -2.14. The molecule has 0 atom stereocenters. The van der Waals surface area contributed by atoms with Crippen LogP contribution in [0.2, 0.25) is 5.02 Å². The molecule has 0 fully saturated rings. The molecule has 0 spiro atoms. The summed E-state index contributed by atoms with van der Waals surface area (Å²) in [5, 5.41) is 3.49. The molecule has 3 rings (SSSR count). The third-order valence-electron chi connectivity index (χ3n) is 4.03. The van der Waals surface area contributed by atoms with E-state index in [1.807, 2.05) is 39.0 Å². The summed E-state index contributed by atoms with van der Waals surface area (Å²) in [5.41, 5.74) is 5.81. The van der Waals surface area contributed by atoms with Crippen molar-refractivity contribution in [3.05, 3.63) is 56.0 Å². The Morgan fingerprint density at radius 1 is 1.05 bits per heavy atom. The van der Waals surface area contributed by atoms with Gasteiger partial charge in [-0.3, -0.25) is 4.79 Å². The van der Waals surface area contributed by atoms with Crippen molar-refractivity contribution in [3.8, 4) is 0 Å². The minimum Gasteiger partial charge on any atom is -0.320 e. The number of amides is 1. The van der Waals surface area contributed by atoms with Crippen molar-refractivity contribution in [2.24, 2.45) is 4.99 Å². The van der Waals surface area contributed by atoms with E-state index < -0.39 is 0 Å². The number of aliphatic imine (C=N–C) groups is 1. The van der Waals surface area contributed by atoms with E-state index >= 15 is 0 Å². The minimum atomic E-state index is -0.194. The van der Waals surface area contributed by atoms with E-state index in [4.69, 9.17) is 11.6 Å². The van der Waals surface area contributed by atoms with Gasteiger partial charge in [0.05, 0.1) is 11.4 Å². The second-order valence-corrected chi connectivity index (χ2v) is 6.59. The summed E-state index contributed by atoms with van der Waals surface area (Å²) < 4.78 is 1.04. The highest BCUT2D eigenvalue weighted by molar-refractivity contribution is 9.10. The SMILES string of the molecule is Cc1c(Br)ccc(N=C2C(=O)Nc3c2ccc(Cl)c3C)c1C. The van der Waals surface area contributed by atoms with Crippen LogP contribution in [-0.4, -0.2) is 11.6 Å². The molecule has 0 aliphatic carbocycles. The maximum atomic E-state index is 12.3. The predicted octanol–water partition coefficient (Wildman–Crippen LogP) is 5.10. The smallest absolute Gasteiger partial charge is 0.275 e. The van der Waals surface area contributed by atoms with E-state index in [9.17, 15) is 4.79 Å². The highest BCUT2D eigenvalue weighted by Gasteiger charge is 2.28. The fourth-order valence-electron chi connectivity index (χ4n) is 2.47. The molecule has 0 radical (unpaired) electrons. The molecule has 2 aromatic rings. The molecular formula is C17H14BrClN2O. The number of rotatable bonds is 1. The molecule has 1 aliphatic rings. The van der Waals surface area contributed by atoms with Crippen LogP contribution in [0, 0.1) is 20.8 Å². The number of nitrogens with one attached hydrogen (secondary N) is 1. The second-order valence-electron chi connectivity index (χ2n) is 5.33. The number of carbonyl (C=O) groups is 1. The van der Waals surface area contributed by atoms with Gasteiger partial charge in [-0.1, -0.05) is 27.5 Å². The molecule has 1 heterocycles. The number of halogens is 2. The first kappa shape index (κ1) is 15.3. The number of nitrogens with zero attached hydrogens (tertiary/aromatic N) is 1. The largest absolute Gasteiger partial charge is 0.320 e. The Hall–Kier alpha value is -1.65. The van der Waals surface area contributed by atoms with E-state index in [-0.39, 0.29) is 5.91 Å². The molecule has 0 saturated heterocycles. The van der Waals surface area contributed by atoms with Crippen LogP contribution in [0.25, 0.3) is 0 Å². The third kappa shape index (κ3) is 2.36. The molecule has 5 heteroatoms. The lowest BCUT2D eigenvalue weighted by Gasteiger charge is -2.07. The maximum Gasteiger partial charge on any atom is 0.275 e. The quantitative estimate of drug-likeness (QED) is 0.738. The van der Waals surface area contributed by atoms with Gasteiger partial charge >= 0.3 is 0 Å². The number of carbonyl (C=O) groups excluding carboxylic acids is 1. The van der Waals surface area contributed by atoms with Gasteiger partial charge < -0.3 is 5.32 Å². The molecule has 0 aromatic heterocycles.